The number of aryl methyl sites for hydroxylation is 1. The molecular weight excluding hydrogens is 242 g/mol. The molecule has 2 aromatic carbocycles. The SMILES string of the molecule is CCc1ccccc1Nc1ccc(N)cc1[N+](=O)[O-]. The van der Waals surface area contributed by atoms with Crippen molar-refractivity contribution in [2.45, 2.75) is 13.3 Å². The molecule has 0 amide bonds. The molecule has 5 nitrogen and oxygen atoms in total. The average Bonchev–Trinajstić information content (AvgIpc) is 2.41. The number of benzene rings is 2. The molecule has 0 saturated carbocycles. The molecule has 19 heavy (non-hydrogen) atoms. The van der Waals surface area contributed by atoms with E-state index >= 15 is 0 Å². The van der Waals surface area contributed by atoms with E-state index in [0.29, 0.717) is 11.4 Å². The molecule has 2 aromatic rings. The number of para-hydroxylation sites is 1. The Bertz CT molecular complexity index is 611. The topological polar surface area (TPSA) is 81.2 Å². The Labute approximate surface area is 111 Å². The van der Waals surface area contributed by atoms with Crippen molar-refractivity contribution in [2.75, 3.05) is 11.1 Å². The van der Waals surface area contributed by atoms with Crippen molar-refractivity contribution in [3.8, 4) is 0 Å². The van der Waals surface area contributed by atoms with E-state index in [1.807, 2.05) is 31.2 Å². The molecule has 3 N–H and O–H groups in total. The van der Waals surface area contributed by atoms with Crippen molar-refractivity contribution >= 4 is 22.7 Å². The third-order valence-corrected chi connectivity index (χ3v) is 2.89. The van der Waals surface area contributed by atoms with Crippen LogP contribution in [0.25, 0.3) is 0 Å². The molecule has 0 bridgehead atoms. The lowest BCUT2D eigenvalue weighted by Gasteiger charge is -2.11. The zero-order valence-corrected chi connectivity index (χ0v) is 10.6. The minimum atomic E-state index is -0.437. The summed E-state index contributed by atoms with van der Waals surface area (Å²) in [5.41, 5.74) is 8.36. The molecule has 0 spiro atoms. The van der Waals surface area contributed by atoms with Crippen molar-refractivity contribution in [1.29, 1.82) is 0 Å². The largest absolute Gasteiger partial charge is 0.399 e. The van der Waals surface area contributed by atoms with Crippen LogP contribution in [0, 0.1) is 10.1 Å². The van der Waals surface area contributed by atoms with Gasteiger partial charge in [0.05, 0.1) is 4.92 Å². The molecule has 0 heterocycles. The van der Waals surface area contributed by atoms with Gasteiger partial charge in [0.25, 0.3) is 5.69 Å². The van der Waals surface area contributed by atoms with Crippen molar-refractivity contribution in [1.82, 2.24) is 0 Å². The summed E-state index contributed by atoms with van der Waals surface area (Å²) >= 11 is 0. The van der Waals surface area contributed by atoms with Crippen LogP contribution in [0.5, 0.6) is 0 Å². The van der Waals surface area contributed by atoms with E-state index in [9.17, 15) is 10.1 Å². The molecule has 0 aromatic heterocycles. The fraction of sp³-hybridized carbons (Fsp3) is 0.143. The van der Waals surface area contributed by atoms with Gasteiger partial charge in [-0.05, 0) is 30.2 Å². The highest BCUT2D eigenvalue weighted by molar-refractivity contribution is 5.73. The minimum absolute atomic E-state index is 0.0223. The Balaban J connectivity index is 2.41. The van der Waals surface area contributed by atoms with Crippen molar-refractivity contribution in [3.05, 3.63) is 58.1 Å². The van der Waals surface area contributed by atoms with Crippen molar-refractivity contribution in [3.63, 3.8) is 0 Å². The smallest absolute Gasteiger partial charge is 0.294 e. The lowest BCUT2D eigenvalue weighted by Crippen LogP contribution is -2.00. The Kier molecular flexibility index (Phi) is 3.66. The first-order chi connectivity index (χ1) is 9.11. The van der Waals surface area contributed by atoms with E-state index < -0.39 is 4.92 Å². The van der Waals surface area contributed by atoms with Crippen molar-refractivity contribution < 1.29 is 4.92 Å². The molecule has 0 saturated heterocycles. The van der Waals surface area contributed by atoms with Gasteiger partial charge >= 0.3 is 0 Å². The molecule has 0 radical (unpaired) electrons. The number of hydrogen-bond donors (Lipinski definition) is 2. The van der Waals surface area contributed by atoms with E-state index in [2.05, 4.69) is 5.32 Å². The number of nitrogens with two attached hydrogens (primary N) is 1. The summed E-state index contributed by atoms with van der Waals surface area (Å²) in [5.74, 6) is 0. The first-order valence-electron chi connectivity index (χ1n) is 6.00. The van der Waals surface area contributed by atoms with Gasteiger partial charge in [-0.15, -0.1) is 0 Å². The maximum atomic E-state index is 11.0. The fourth-order valence-corrected chi connectivity index (χ4v) is 1.90. The summed E-state index contributed by atoms with van der Waals surface area (Å²) in [6, 6.07) is 12.4. The van der Waals surface area contributed by atoms with Gasteiger partial charge in [0, 0.05) is 17.4 Å². The number of hydrogen-bond acceptors (Lipinski definition) is 4. The van der Waals surface area contributed by atoms with E-state index in [1.165, 1.54) is 6.07 Å². The molecule has 0 atom stereocenters. The highest BCUT2D eigenvalue weighted by Gasteiger charge is 2.14. The van der Waals surface area contributed by atoms with Crippen LogP contribution in [0.15, 0.2) is 42.5 Å². The molecule has 0 fully saturated rings. The van der Waals surface area contributed by atoms with E-state index in [1.54, 1.807) is 12.1 Å². The third-order valence-electron chi connectivity index (χ3n) is 2.89. The Morgan fingerprint density at radius 1 is 1.21 bits per heavy atom. The summed E-state index contributed by atoms with van der Waals surface area (Å²) in [4.78, 5) is 10.6. The first-order valence-corrected chi connectivity index (χ1v) is 6.00. The lowest BCUT2D eigenvalue weighted by atomic mass is 10.1. The summed E-state index contributed by atoms with van der Waals surface area (Å²) < 4.78 is 0. The lowest BCUT2D eigenvalue weighted by molar-refractivity contribution is -0.383. The van der Waals surface area contributed by atoms with Gasteiger partial charge in [0.15, 0.2) is 0 Å². The quantitative estimate of drug-likeness (QED) is 0.499. The summed E-state index contributed by atoms with van der Waals surface area (Å²) in [6.07, 6.45) is 0.853. The second-order valence-electron chi connectivity index (χ2n) is 4.17. The Morgan fingerprint density at radius 2 is 1.95 bits per heavy atom. The average molecular weight is 257 g/mol. The van der Waals surface area contributed by atoms with Crippen molar-refractivity contribution in [2.24, 2.45) is 0 Å². The molecule has 0 aliphatic carbocycles. The summed E-state index contributed by atoms with van der Waals surface area (Å²) in [5, 5.41) is 14.1. The van der Waals surface area contributed by atoms with E-state index in [-0.39, 0.29) is 5.69 Å². The maximum Gasteiger partial charge on any atom is 0.294 e. The molecule has 0 aliphatic rings. The molecule has 0 aliphatic heterocycles. The monoisotopic (exact) mass is 257 g/mol. The van der Waals surface area contributed by atoms with Crippen LogP contribution in [0.3, 0.4) is 0 Å². The second kappa shape index (κ2) is 5.39. The number of rotatable bonds is 4. The number of nitrogen functional groups attached to an aromatic ring is 1. The predicted octanol–water partition coefficient (Wildman–Crippen LogP) is 3.48. The van der Waals surface area contributed by atoms with Crippen LogP contribution in [0.1, 0.15) is 12.5 Å². The molecule has 98 valence electrons. The maximum absolute atomic E-state index is 11.0. The van der Waals surface area contributed by atoms with Gasteiger partial charge in [0.1, 0.15) is 5.69 Å². The highest BCUT2D eigenvalue weighted by Crippen LogP contribution is 2.30. The minimum Gasteiger partial charge on any atom is -0.399 e. The Hall–Kier alpha value is -2.56. The molecule has 5 heteroatoms. The van der Waals surface area contributed by atoms with E-state index in [4.69, 9.17) is 5.73 Å². The van der Waals surface area contributed by atoms with Gasteiger partial charge in [-0.2, -0.15) is 0 Å². The van der Waals surface area contributed by atoms with Crippen LogP contribution >= 0.6 is 0 Å². The van der Waals surface area contributed by atoms with Crippen LogP contribution in [-0.4, -0.2) is 4.92 Å². The van der Waals surface area contributed by atoms with Crippen LogP contribution in [0.4, 0.5) is 22.7 Å². The third kappa shape index (κ3) is 2.82. The number of anilines is 3. The fourth-order valence-electron chi connectivity index (χ4n) is 1.90. The number of nitro groups is 1. The van der Waals surface area contributed by atoms with Gasteiger partial charge in [-0.1, -0.05) is 25.1 Å². The zero-order valence-electron chi connectivity index (χ0n) is 10.6. The van der Waals surface area contributed by atoms with Crippen LogP contribution in [0.2, 0.25) is 0 Å². The predicted molar refractivity (Wildman–Crippen MR) is 76.6 cm³/mol. The number of nitrogens with zero attached hydrogens (tertiary/aromatic N) is 1. The van der Waals surface area contributed by atoms with Crippen LogP contribution < -0.4 is 11.1 Å². The molecular formula is C14H15N3O2. The number of nitro benzene ring substituents is 1. The first kappa shape index (κ1) is 12.9. The normalized spacial score (nSPS) is 10.2. The number of nitrogens with one attached hydrogen (secondary N) is 1. The van der Waals surface area contributed by atoms with E-state index in [0.717, 1.165) is 17.7 Å². The van der Waals surface area contributed by atoms with Gasteiger partial charge in [-0.3, -0.25) is 10.1 Å². The van der Waals surface area contributed by atoms with Gasteiger partial charge in [0.2, 0.25) is 0 Å². The standard InChI is InChI=1S/C14H15N3O2/c1-2-10-5-3-4-6-12(10)16-13-8-7-11(15)9-14(13)17(18)19/h3-9,16H,2,15H2,1H3. The summed E-state index contributed by atoms with van der Waals surface area (Å²) in [7, 11) is 0. The Morgan fingerprint density at radius 3 is 2.63 bits per heavy atom. The zero-order chi connectivity index (χ0) is 13.8. The van der Waals surface area contributed by atoms with Gasteiger partial charge < -0.3 is 11.1 Å². The highest BCUT2D eigenvalue weighted by atomic mass is 16.6. The van der Waals surface area contributed by atoms with Crippen LogP contribution in [-0.2, 0) is 6.42 Å². The van der Waals surface area contributed by atoms with Gasteiger partial charge in [-0.25, -0.2) is 0 Å². The summed E-state index contributed by atoms with van der Waals surface area (Å²) in [6.45, 7) is 2.04. The molecule has 2 rings (SSSR count). The molecule has 0 unspecified atom stereocenters. The second-order valence-corrected chi connectivity index (χ2v) is 4.17.